The Bertz CT molecular complexity index is 5420. The van der Waals surface area contributed by atoms with Crippen LogP contribution in [-0.2, 0) is 9.59 Å². The number of benzene rings is 4. The van der Waals surface area contributed by atoms with Crippen molar-refractivity contribution in [3.63, 3.8) is 0 Å². The van der Waals surface area contributed by atoms with Gasteiger partial charge in [0.15, 0.2) is 5.01 Å². The number of carboxylic acids is 1. The van der Waals surface area contributed by atoms with Crippen LogP contribution in [-0.4, -0.2) is 304 Å². The lowest BCUT2D eigenvalue weighted by Gasteiger charge is -2.48. The highest BCUT2D eigenvalue weighted by atomic mass is 79.9. The molecular formula is C76H71Br4Cl5F6N14O9S6. The number of thiazole rings is 2. The standard InChI is InChI=1S/C20H18BrClN4O2S2.C18H16BrClF3N3O2S.C16H17BrClN3OS.C9H3BrCl2OS.C9H14F3N3O.C4H3NO2S/c21-12-1-2-14-15(9-12)30-17(16(14)22)19(27)26-10-13(11-26)24-4-6-25(7-5-24)20(28)18-23-3-8-29-18;19-10-1-2-12-13(7-10)29-15(14(12)20)16(27)26-8-11(9-26)24-3-5-25(6-4-24)17(28)18(21,22)23;17-10-1-2-12-13(7-10)23-15(14(12)18)16(22)21-8-11(9-21)20-5-3-19-4-6-20;10-4-1-2-5-6(3-4)14-8(7(5)11)9(12)13;10-9(11,12)8(16)15-3-1-14(2-4-15)7-5-13-6-7;6-4(7)3-5-1-2-8-3/h1-3,8-9,13H,4-7,10-11H2;1-2,7,11H,3-6,8-9H2;1-2,7,11,19H,3-6,8-9H2;1-3H;7,13H,1-6H2;1-2H,(H,6,7). The Kier molecular flexibility index (Phi) is 31.2. The van der Waals surface area contributed by atoms with Gasteiger partial charge in [-0.2, -0.15) is 26.3 Å². The van der Waals surface area contributed by atoms with E-state index in [-0.39, 0.29) is 60.9 Å². The van der Waals surface area contributed by atoms with Gasteiger partial charge in [-0.05, 0) is 60.1 Å². The zero-order valence-electron chi connectivity index (χ0n) is 62.7. The summed E-state index contributed by atoms with van der Waals surface area (Å²) in [5, 5.41) is 24.0. The number of thiophene rings is 4. The van der Waals surface area contributed by atoms with Crippen molar-refractivity contribution in [2.45, 2.75) is 36.5 Å². The van der Waals surface area contributed by atoms with Crippen LogP contribution in [0.1, 0.15) is 58.3 Å². The second-order valence-corrected chi connectivity index (χ2v) is 40.0. The van der Waals surface area contributed by atoms with Crippen molar-refractivity contribution in [1.29, 1.82) is 0 Å². The predicted octanol–water partition coefficient (Wildman–Crippen LogP) is 16.2. The van der Waals surface area contributed by atoms with E-state index in [1.54, 1.807) is 16.5 Å². The summed E-state index contributed by atoms with van der Waals surface area (Å²) >= 11 is 52.5. The number of carbonyl (C=O) groups excluding carboxylic acids is 7. The highest BCUT2D eigenvalue weighted by Gasteiger charge is 2.47. The molecule has 4 aromatic carbocycles. The van der Waals surface area contributed by atoms with Crippen molar-refractivity contribution < 1.29 is 69.8 Å². The van der Waals surface area contributed by atoms with Gasteiger partial charge in [0.2, 0.25) is 5.01 Å². The van der Waals surface area contributed by atoms with E-state index in [0.29, 0.717) is 128 Å². The molecule has 8 saturated heterocycles. The van der Waals surface area contributed by atoms with Crippen molar-refractivity contribution in [2.24, 2.45) is 0 Å². The van der Waals surface area contributed by atoms with Crippen molar-refractivity contribution in [3.8, 4) is 0 Å². The normalized spacial score (nSPS) is 18.0. The molecule has 8 aliphatic rings. The molecule has 8 aliphatic heterocycles. The lowest BCUT2D eigenvalue weighted by molar-refractivity contribution is -0.187. The Morgan fingerprint density at radius 3 is 0.975 bits per heavy atom. The third-order valence-electron chi connectivity index (χ3n) is 21.1. The number of alkyl halides is 6. The number of nitrogens with one attached hydrogen (secondary N) is 2. The van der Waals surface area contributed by atoms with Gasteiger partial charge in [0.25, 0.3) is 28.9 Å². The molecule has 8 fully saturated rings. The van der Waals surface area contributed by atoms with Crippen LogP contribution in [0.5, 0.6) is 0 Å². The smallest absolute Gasteiger partial charge is 0.471 e. The fraction of sp³-hybridized carbons (Fsp3) is 0.395. The van der Waals surface area contributed by atoms with E-state index in [9.17, 15) is 64.7 Å². The summed E-state index contributed by atoms with van der Waals surface area (Å²) in [7, 11) is 0. The van der Waals surface area contributed by atoms with Crippen molar-refractivity contribution in [3.05, 3.63) is 163 Å². The van der Waals surface area contributed by atoms with E-state index in [1.165, 1.54) is 62.9 Å². The Morgan fingerprint density at radius 2 is 0.692 bits per heavy atom. The SMILES string of the molecule is O=C(Cl)c1sc2cc(Br)ccc2c1Cl.O=C(N1CCN(C2CNC2)CC1)C(F)(F)F.O=C(O)c1nccs1.O=C(c1nccs1)N1CCN(C2CN(C(=O)c3sc4cc(Br)ccc4c3Cl)C2)CC1.O=C(c1sc2cc(Br)ccc2c1Cl)N1CC(N2CCN(C(=O)C(F)(F)F)CC2)C1.O=C(c1sc2cc(Br)ccc2c1Cl)N1CC(N2CCNCC2)C1. The summed E-state index contributed by atoms with van der Waals surface area (Å²) < 4.78 is 81.9. The quantitative estimate of drug-likeness (QED) is 0.0852. The minimum atomic E-state index is -4.83. The molecule has 14 heterocycles. The summed E-state index contributed by atoms with van der Waals surface area (Å²) in [5.74, 6) is -4.49. The second-order valence-electron chi connectivity index (χ2n) is 28.5. The molecule has 6 amide bonds. The van der Waals surface area contributed by atoms with Crippen molar-refractivity contribution in [1.82, 2.24) is 69.6 Å². The number of halogens is 15. The molecule has 0 bridgehead atoms. The van der Waals surface area contributed by atoms with Crippen molar-refractivity contribution >= 4 is 277 Å². The molecule has 3 N–H and O–H groups in total. The Hall–Kier alpha value is -5.35. The summed E-state index contributed by atoms with van der Waals surface area (Å²) in [6.45, 7) is 15.3. The van der Waals surface area contributed by atoms with E-state index < -0.39 is 35.4 Å². The highest BCUT2D eigenvalue weighted by Crippen LogP contribution is 2.43. The third-order valence-corrected chi connectivity index (χ3v) is 31.5. The number of carboxylic acid groups (broad SMARTS) is 1. The molecule has 23 nitrogen and oxygen atoms in total. The van der Waals surface area contributed by atoms with Crippen LogP contribution >= 0.6 is 190 Å². The van der Waals surface area contributed by atoms with E-state index >= 15 is 0 Å². The molecule has 6 aromatic heterocycles. The largest absolute Gasteiger partial charge is 0.476 e. The van der Waals surface area contributed by atoms with Gasteiger partial charge in [-0.25, -0.2) is 14.8 Å². The van der Waals surface area contributed by atoms with Crippen LogP contribution < -0.4 is 10.6 Å². The summed E-state index contributed by atoms with van der Waals surface area (Å²) in [6, 6.07) is 24.5. The minimum absolute atomic E-state index is 0.00570. The van der Waals surface area contributed by atoms with Crippen LogP contribution in [0.2, 0.25) is 20.1 Å². The molecule has 10 aromatic rings. The topological polar surface area (TPSA) is 239 Å². The van der Waals surface area contributed by atoms with Crippen LogP contribution in [0.25, 0.3) is 40.3 Å². The number of nitrogens with zero attached hydrogens (tertiary/aromatic N) is 12. The van der Waals surface area contributed by atoms with Gasteiger partial charge in [-0.3, -0.25) is 53.2 Å². The van der Waals surface area contributed by atoms with E-state index in [2.05, 4.69) is 99.0 Å². The number of aromatic carboxylic acids is 1. The van der Waals surface area contributed by atoms with Gasteiger partial charge >= 0.3 is 30.1 Å². The minimum Gasteiger partial charge on any atom is -0.476 e. The van der Waals surface area contributed by atoms with E-state index in [1.807, 2.05) is 97.8 Å². The number of hydrogen-bond donors (Lipinski definition) is 3. The number of amides is 6. The third kappa shape index (κ3) is 22.0. The number of fused-ring (bicyclic) bond motifs is 4. The second kappa shape index (κ2) is 40.5. The first-order chi connectivity index (χ1) is 57.2. The van der Waals surface area contributed by atoms with Crippen molar-refractivity contribution in [2.75, 3.05) is 157 Å². The lowest BCUT2D eigenvalue weighted by atomic mass is 10.1. The van der Waals surface area contributed by atoms with Crippen LogP contribution in [0.3, 0.4) is 0 Å². The maximum absolute atomic E-state index is 13.0. The molecule has 640 valence electrons. The zero-order valence-corrected chi connectivity index (χ0v) is 77.7. The molecule has 0 atom stereocenters. The number of carbonyl (C=O) groups is 8. The molecule has 18 rings (SSSR count). The van der Waals surface area contributed by atoms with E-state index in [0.717, 1.165) is 145 Å². The van der Waals surface area contributed by atoms with Gasteiger partial charge in [-0.15, -0.1) is 68.0 Å². The number of likely N-dealkylation sites (tertiary alicyclic amines) is 3. The average Bonchev–Trinajstić information content (AvgIpc) is 1.19. The maximum Gasteiger partial charge on any atom is 0.471 e. The van der Waals surface area contributed by atoms with Crippen LogP contribution in [0.15, 0.2) is 114 Å². The van der Waals surface area contributed by atoms with Crippen LogP contribution in [0, 0.1) is 0 Å². The van der Waals surface area contributed by atoms with Crippen LogP contribution in [0.4, 0.5) is 26.3 Å². The highest BCUT2D eigenvalue weighted by molar-refractivity contribution is 9.11. The fourth-order valence-electron chi connectivity index (χ4n) is 14.3. The monoisotopic (exact) mass is 2120 g/mol. The predicted molar refractivity (Wildman–Crippen MR) is 476 cm³/mol. The summed E-state index contributed by atoms with van der Waals surface area (Å²) in [6.07, 6.45) is -6.44. The van der Waals surface area contributed by atoms with E-state index in [4.69, 9.17) is 63.1 Å². The average molecular weight is 2130 g/mol. The molecule has 120 heavy (non-hydrogen) atoms. The molecule has 0 aliphatic carbocycles. The molecule has 0 spiro atoms. The Labute approximate surface area is 765 Å². The van der Waals surface area contributed by atoms with Gasteiger partial charge in [0, 0.05) is 263 Å². The van der Waals surface area contributed by atoms with Gasteiger partial charge in [0.1, 0.15) is 19.5 Å². The zero-order chi connectivity index (χ0) is 85.8. The van der Waals surface area contributed by atoms with Gasteiger partial charge in [-0.1, -0.05) is 134 Å². The molecule has 0 saturated carbocycles. The lowest BCUT2D eigenvalue weighted by Crippen LogP contribution is -2.64. The molecule has 0 unspecified atom stereocenters. The Morgan fingerprint density at radius 1 is 0.392 bits per heavy atom. The number of aromatic nitrogens is 2. The Balaban J connectivity index is 0.000000130. The first-order valence-corrected chi connectivity index (χ1v) is 47.3. The number of rotatable bonds is 10. The number of piperazine rings is 4. The first-order valence-electron chi connectivity index (χ1n) is 37.2. The first kappa shape index (κ1) is 92.3. The number of hydrogen-bond acceptors (Lipinski definition) is 22. The van der Waals surface area contributed by atoms with Gasteiger partial charge < -0.3 is 45.1 Å². The summed E-state index contributed by atoms with van der Waals surface area (Å²) in [4.78, 5) is 122. The summed E-state index contributed by atoms with van der Waals surface area (Å²) in [5.41, 5.74) is 0. The van der Waals surface area contributed by atoms with Gasteiger partial charge in [0.05, 0.1) is 20.1 Å². The molecule has 0 radical (unpaired) electrons. The maximum atomic E-state index is 13.0. The fourth-order valence-corrected chi connectivity index (χ4v) is 23.6. The molecular weight excluding hydrogens is 2060 g/mol. The molecule has 44 heteroatoms.